The number of carbonyl (C=O) groups is 1. The van der Waals surface area contributed by atoms with Gasteiger partial charge in [-0.3, -0.25) is 4.79 Å². The number of amides is 1. The molecule has 0 radical (unpaired) electrons. The third kappa shape index (κ3) is 4.51. The molecule has 1 aromatic carbocycles. The van der Waals surface area contributed by atoms with Crippen molar-refractivity contribution >= 4 is 5.91 Å². The van der Waals surface area contributed by atoms with Crippen molar-refractivity contribution in [2.45, 2.75) is 51.2 Å². The Hall–Kier alpha value is -2.31. The van der Waals surface area contributed by atoms with E-state index < -0.39 is 11.7 Å². The first-order valence-corrected chi connectivity index (χ1v) is 9.37. The minimum atomic E-state index is -4.40. The summed E-state index contributed by atoms with van der Waals surface area (Å²) < 4.78 is 40.3. The van der Waals surface area contributed by atoms with Gasteiger partial charge >= 0.3 is 6.18 Å². The molecule has 1 aliphatic rings. The number of halogens is 3. The summed E-state index contributed by atoms with van der Waals surface area (Å²) in [5.41, 5.74) is -0.452. The normalized spacial score (nSPS) is 17.9. The fraction of sp³-hybridized carbons (Fsp3) is 0.500. The lowest BCUT2D eigenvalue weighted by Gasteiger charge is -2.33. The first kappa shape index (κ1) is 19.5. The Balaban J connectivity index is 1.71. The average molecular weight is 379 g/mol. The van der Waals surface area contributed by atoms with E-state index in [1.165, 1.54) is 12.1 Å². The van der Waals surface area contributed by atoms with Gasteiger partial charge in [0.25, 0.3) is 5.91 Å². The molecule has 2 heterocycles. The summed E-state index contributed by atoms with van der Waals surface area (Å²) in [5, 5.41) is 0. The van der Waals surface area contributed by atoms with E-state index in [2.05, 4.69) is 16.5 Å². The highest BCUT2D eigenvalue weighted by Crippen LogP contribution is 2.30. The molecule has 1 saturated heterocycles. The van der Waals surface area contributed by atoms with E-state index in [-0.39, 0.29) is 17.4 Å². The molecule has 3 rings (SSSR count). The molecule has 0 aliphatic carbocycles. The highest BCUT2D eigenvalue weighted by molar-refractivity contribution is 5.94. The van der Waals surface area contributed by atoms with Crippen LogP contribution in [0.3, 0.4) is 0 Å². The Morgan fingerprint density at radius 2 is 2.00 bits per heavy atom. The van der Waals surface area contributed by atoms with Gasteiger partial charge in [-0.05, 0) is 43.5 Å². The van der Waals surface area contributed by atoms with Crippen molar-refractivity contribution in [2.24, 2.45) is 0 Å². The maximum atomic E-state index is 12.8. The van der Waals surface area contributed by atoms with Gasteiger partial charge in [0.1, 0.15) is 5.82 Å². The van der Waals surface area contributed by atoms with Gasteiger partial charge in [0.2, 0.25) is 0 Å². The number of rotatable bonds is 5. The molecule has 4 nitrogen and oxygen atoms in total. The molecule has 1 aliphatic heterocycles. The maximum absolute atomic E-state index is 12.8. The largest absolute Gasteiger partial charge is 0.416 e. The highest BCUT2D eigenvalue weighted by atomic mass is 19.4. The fourth-order valence-electron chi connectivity index (χ4n) is 3.55. The van der Waals surface area contributed by atoms with Gasteiger partial charge in [-0.15, -0.1) is 0 Å². The number of aryl methyl sites for hydroxylation is 1. The first-order valence-electron chi connectivity index (χ1n) is 9.37. The monoisotopic (exact) mass is 379 g/mol. The number of nitrogens with zero attached hydrogens (tertiary/aromatic N) is 3. The average Bonchev–Trinajstić information content (AvgIpc) is 3.14. The molecule has 2 aromatic rings. The zero-order valence-electron chi connectivity index (χ0n) is 15.4. The van der Waals surface area contributed by atoms with Crippen LogP contribution in [0.2, 0.25) is 0 Å². The number of hydrogen-bond donors (Lipinski definition) is 0. The molecular weight excluding hydrogens is 355 g/mol. The van der Waals surface area contributed by atoms with Crippen LogP contribution in [0.25, 0.3) is 0 Å². The Kier molecular flexibility index (Phi) is 5.87. The Morgan fingerprint density at radius 1 is 1.26 bits per heavy atom. The second-order valence-electron chi connectivity index (χ2n) is 7.00. The molecule has 1 fully saturated rings. The van der Waals surface area contributed by atoms with Crippen molar-refractivity contribution in [3.8, 4) is 0 Å². The van der Waals surface area contributed by atoms with Crippen molar-refractivity contribution in [2.75, 3.05) is 13.1 Å². The van der Waals surface area contributed by atoms with Crippen LogP contribution >= 0.6 is 0 Å². The summed E-state index contributed by atoms with van der Waals surface area (Å²) in [4.78, 5) is 19.0. The van der Waals surface area contributed by atoms with E-state index in [1.54, 1.807) is 11.1 Å². The zero-order valence-corrected chi connectivity index (χ0v) is 15.4. The number of benzene rings is 1. The number of alkyl halides is 3. The van der Waals surface area contributed by atoms with Gasteiger partial charge in [-0.2, -0.15) is 13.2 Å². The second-order valence-corrected chi connectivity index (χ2v) is 7.00. The smallest absolute Gasteiger partial charge is 0.338 e. The third-order valence-corrected chi connectivity index (χ3v) is 5.03. The van der Waals surface area contributed by atoms with Crippen molar-refractivity contribution in [3.05, 3.63) is 53.6 Å². The van der Waals surface area contributed by atoms with E-state index in [1.807, 2.05) is 6.20 Å². The first-order chi connectivity index (χ1) is 12.9. The summed E-state index contributed by atoms with van der Waals surface area (Å²) in [6.45, 7) is 4.21. The van der Waals surface area contributed by atoms with Crippen LogP contribution < -0.4 is 0 Å². The van der Waals surface area contributed by atoms with Gasteiger partial charge < -0.3 is 9.47 Å². The summed E-state index contributed by atoms with van der Waals surface area (Å²) >= 11 is 0. The van der Waals surface area contributed by atoms with Crippen LogP contribution in [0.4, 0.5) is 13.2 Å². The molecular formula is C20H24F3N3O. The number of hydrogen-bond acceptors (Lipinski definition) is 2. The molecule has 7 heteroatoms. The number of aromatic nitrogens is 2. The molecule has 0 saturated carbocycles. The molecule has 0 N–H and O–H groups in total. The lowest BCUT2D eigenvalue weighted by atomic mass is 9.96. The predicted octanol–water partition coefficient (Wildman–Crippen LogP) is 4.72. The minimum absolute atomic E-state index is 0.156. The zero-order chi connectivity index (χ0) is 19.4. The van der Waals surface area contributed by atoms with Crippen LogP contribution in [0, 0.1) is 0 Å². The van der Waals surface area contributed by atoms with E-state index in [4.69, 9.17) is 0 Å². The summed E-state index contributed by atoms with van der Waals surface area (Å²) in [7, 11) is 0. The van der Waals surface area contributed by atoms with Crippen LogP contribution in [0.15, 0.2) is 36.7 Å². The van der Waals surface area contributed by atoms with Crippen LogP contribution in [0.5, 0.6) is 0 Å². The van der Waals surface area contributed by atoms with E-state index in [0.29, 0.717) is 13.1 Å². The molecule has 1 aromatic heterocycles. The van der Waals surface area contributed by atoms with E-state index in [0.717, 1.165) is 50.2 Å². The predicted molar refractivity (Wildman–Crippen MR) is 96.5 cm³/mol. The van der Waals surface area contributed by atoms with Crippen molar-refractivity contribution in [1.29, 1.82) is 0 Å². The Bertz CT molecular complexity index is 768. The lowest BCUT2D eigenvalue weighted by Crippen LogP contribution is -2.39. The third-order valence-electron chi connectivity index (χ3n) is 5.03. The van der Waals surface area contributed by atoms with Gasteiger partial charge in [0.15, 0.2) is 0 Å². The second kappa shape index (κ2) is 8.15. The van der Waals surface area contributed by atoms with Gasteiger partial charge in [-0.1, -0.05) is 13.3 Å². The molecule has 1 atom stereocenters. The Labute approximate surface area is 157 Å². The lowest BCUT2D eigenvalue weighted by molar-refractivity contribution is -0.137. The molecule has 0 spiro atoms. The fourth-order valence-corrected chi connectivity index (χ4v) is 3.55. The van der Waals surface area contributed by atoms with Crippen LogP contribution in [-0.4, -0.2) is 33.4 Å². The minimum Gasteiger partial charge on any atom is -0.338 e. The molecule has 1 unspecified atom stereocenters. The molecule has 27 heavy (non-hydrogen) atoms. The van der Waals surface area contributed by atoms with Crippen molar-refractivity contribution in [3.63, 3.8) is 0 Å². The Morgan fingerprint density at radius 3 is 2.67 bits per heavy atom. The van der Waals surface area contributed by atoms with Crippen LogP contribution in [-0.2, 0) is 12.7 Å². The molecule has 1 amide bonds. The van der Waals surface area contributed by atoms with E-state index in [9.17, 15) is 18.0 Å². The SMILES string of the molecule is CCCCn1ccnc1C1CCCN(C(=O)c2ccc(C(F)(F)F)cc2)C1. The molecule has 146 valence electrons. The quantitative estimate of drug-likeness (QED) is 0.754. The number of piperidine rings is 1. The summed E-state index contributed by atoms with van der Waals surface area (Å²) in [6, 6.07) is 4.45. The number of likely N-dealkylation sites (tertiary alicyclic amines) is 1. The number of unbranched alkanes of at least 4 members (excludes halogenated alkanes) is 1. The standard InChI is InChI=1S/C20H24F3N3O/c1-2-3-11-25-13-10-24-18(25)16-5-4-12-26(14-16)19(27)15-6-8-17(9-7-15)20(21,22)23/h6-10,13,16H,2-5,11-12,14H2,1H3. The molecule has 0 bridgehead atoms. The summed E-state index contributed by atoms with van der Waals surface area (Å²) in [5.74, 6) is 0.928. The topological polar surface area (TPSA) is 38.1 Å². The number of imidazole rings is 1. The number of carbonyl (C=O) groups excluding carboxylic acids is 1. The van der Waals surface area contributed by atoms with Gasteiger partial charge in [0, 0.05) is 43.5 Å². The van der Waals surface area contributed by atoms with Crippen molar-refractivity contribution in [1.82, 2.24) is 14.5 Å². The van der Waals surface area contributed by atoms with E-state index >= 15 is 0 Å². The summed E-state index contributed by atoms with van der Waals surface area (Å²) in [6.07, 6.45) is 3.36. The van der Waals surface area contributed by atoms with Crippen molar-refractivity contribution < 1.29 is 18.0 Å². The van der Waals surface area contributed by atoms with Gasteiger partial charge in [-0.25, -0.2) is 4.98 Å². The van der Waals surface area contributed by atoms with Crippen LogP contribution in [0.1, 0.15) is 60.3 Å². The maximum Gasteiger partial charge on any atom is 0.416 e. The highest BCUT2D eigenvalue weighted by Gasteiger charge is 2.31. The van der Waals surface area contributed by atoms with Gasteiger partial charge in [0.05, 0.1) is 5.56 Å².